The fraction of sp³-hybridized carbons (Fsp3) is 0.615. The molecule has 112 valence electrons. The largest absolute Gasteiger partial charge is 0.338 e. The SMILES string of the molecule is CS(=O)(=O)NC[C@H]1CCCCN1C(=O)Cc1cccs1. The topological polar surface area (TPSA) is 66.5 Å². The number of nitrogens with zero attached hydrogens (tertiary/aromatic N) is 1. The molecule has 0 saturated carbocycles. The molecule has 1 fully saturated rings. The minimum absolute atomic E-state index is 0.0223. The van der Waals surface area contributed by atoms with Crippen molar-refractivity contribution in [1.29, 1.82) is 0 Å². The zero-order valence-electron chi connectivity index (χ0n) is 11.5. The van der Waals surface area contributed by atoms with E-state index >= 15 is 0 Å². The van der Waals surface area contributed by atoms with Crippen molar-refractivity contribution in [3.63, 3.8) is 0 Å². The van der Waals surface area contributed by atoms with Gasteiger partial charge in [0.1, 0.15) is 0 Å². The molecular weight excluding hydrogens is 296 g/mol. The number of carbonyl (C=O) groups excluding carboxylic acids is 1. The Morgan fingerprint density at radius 1 is 1.50 bits per heavy atom. The maximum Gasteiger partial charge on any atom is 0.228 e. The van der Waals surface area contributed by atoms with Crippen LogP contribution in [0.4, 0.5) is 0 Å². The molecule has 0 bridgehead atoms. The molecule has 1 aromatic rings. The van der Waals surface area contributed by atoms with Crippen molar-refractivity contribution in [3.05, 3.63) is 22.4 Å². The van der Waals surface area contributed by atoms with Crippen molar-refractivity contribution in [1.82, 2.24) is 9.62 Å². The van der Waals surface area contributed by atoms with Gasteiger partial charge in [0.05, 0.1) is 12.7 Å². The quantitative estimate of drug-likeness (QED) is 0.888. The molecule has 2 rings (SSSR count). The van der Waals surface area contributed by atoms with Gasteiger partial charge in [0.15, 0.2) is 0 Å². The van der Waals surface area contributed by atoms with Crippen LogP contribution in [0.2, 0.25) is 0 Å². The molecule has 5 nitrogen and oxygen atoms in total. The Bertz CT molecular complexity index is 540. The lowest BCUT2D eigenvalue weighted by Gasteiger charge is -2.35. The molecule has 1 aliphatic rings. The van der Waals surface area contributed by atoms with Gasteiger partial charge in [0.25, 0.3) is 0 Å². The summed E-state index contributed by atoms with van der Waals surface area (Å²) in [6.45, 7) is 1.04. The van der Waals surface area contributed by atoms with Crippen LogP contribution in [-0.2, 0) is 21.2 Å². The number of carbonyl (C=O) groups is 1. The van der Waals surface area contributed by atoms with Crippen LogP contribution in [0, 0.1) is 0 Å². The maximum atomic E-state index is 12.4. The first kappa shape index (κ1) is 15.5. The lowest BCUT2D eigenvalue weighted by atomic mass is 10.0. The molecule has 20 heavy (non-hydrogen) atoms. The summed E-state index contributed by atoms with van der Waals surface area (Å²) >= 11 is 1.58. The lowest BCUT2D eigenvalue weighted by molar-refractivity contribution is -0.133. The summed E-state index contributed by atoms with van der Waals surface area (Å²) in [5.41, 5.74) is 0. The number of likely N-dealkylation sites (tertiary alicyclic amines) is 1. The Hall–Kier alpha value is -0.920. The average Bonchev–Trinajstić information content (AvgIpc) is 2.88. The third kappa shape index (κ3) is 4.57. The summed E-state index contributed by atoms with van der Waals surface area (Å²) in [6.07, 6.45) is 4.45. The number of hydrogen-bond acceptors (Lipinski definition) is 4. The van der Waals surface area contributed by atoms with E-state index in [9.17, 15) is 13.2 Å². The fourth-order valence-electron chi connectivity index (χ4n) is 2.45. The van der Waals surface area contributed by atoms with Crippen molar-refractivity contribution < 1.29 is 13.2 Å². The molecule has 1 amide bonds. The summed E-state index contributed by atoms with van der Waals surface area (Å²) < 4.78 is 24.9. The lowest BCUT2D eigenvalue weighted by Crippen LogP contribution is -2.49. The van der Waals surface area contributed by atoms with Gasteiger partial charge in [-0.3, -0.25) is 4.79 Å². The highest BCUT2D eigenvalue weighted by Crippen LogP contribution is 2.19. The number of piperidine rings is 1. The third-order valence-corrected chi connectivity index (χ3v) is 5.00. The van der Waals surface area contributed by atoms with Gasteiger partial charge in [-0.1, -0.05) is 6.07 Å². The third-order valence-electron chi connectivity index (χ3n) is 3.43. The summed E-state index contributed by atoms with van der Waals surface area (Å²) in [6, 6.07) is 3.87. The Balaban J connectivity index is 1.97. The van der Waals surface area contributed by atoms with Gasteiger partial charge in [-0.15, -0.1) is 11.3 Å². The van der Waals surface area contributed by atoms with E-state index in [-0.39, 0.29) is 11.9 Å². The van der Waals surface area contributed by atoms with Crippen molar-refractivity contribution >= 4 is 27.3 Å². The smallest absolute Gasteiger partial charge is 0.228 e. The minimum atomic E-state index is -3.21. The van der Waals surface area contributed by atoms with Gasteiger partial charge in [-0.05, 0) is 30.7 Å². The van der Waals surface area contributed by atoms with Gasteiger partial charge < -0.3 is 4.90 Å². The standard InChI is InChI=1S/C13H20N2O3S2/c1-20(17,18)14-10-11-5-2-3-7-15(11)13(16)9-12-6-4-8-19-12/h4,6,8,11,14H,2-3,5,7,9-10H2,1H3/t11-/m1/s1. The van der Waals surface area contributed by atoms with Gasteiger partial charge in [-0.2, -0.15) is 0 Å². The van der Waals surface area contributed by atoms with E-state index in [2.05, 4.69) is 4.72 Å². The van der Waals surface area contributed by atoms with Crippen LogP contribution < -0.4 is 4.72 Å². The first-order valence-corrected chi connectivity index (χ1v) is 9.49. The molecule has 1 saturated heterocycles. The molecular formula is C13H20N2O3S2. The zero-order valence-corrected chi connectivity index (χ0v) is 13.2. The molecule has 0 aromatic carbocycles. The minimum Gasteiger partial charge on any atom is -0.338 e. The van der Waals surface area contributed by atoms with E-state index in [0.717, 1.165) is 36.9 Å². The Morgan fingerprint density at radius 2 is 2.30 bits per heavy atom. The molecule has 0 unspecified atom stereocenters. The Kier molecular flexibility index (Phi) is 5.17. The second kappa shape index (κ2) is 6.69. The fourth-order valence-corrected chi connectivity index (χ4v) is 3.64. The van der Waals surface area contributed by atoms with Gasteiger partial charge in [0.2, 0.25) is 15.9 Å². The maximum absolute atomic E-state index is 12.4. The summed E-state index contributed by atoms with van der Waals surface area (Å²) in [4.78, 5) is 15.2. The first-order valence-electron chi connectivity index (χ1n) is 6.72. The van der Waals surface area contributed by atoms with Crippen molar-refractivity contribution in [2.24, 2.45) is 0 Å². The highest BCUT2D eigenvalue weighted by Gasteiger charge is 2.27. The summed E-state index contributed by atoms with van der Waals surface area (Å²) in [5, 5.41) is 1.96. The molecule has 1 atom stereocenters. The normalized spacial score (nSPS) is 20.1. The number of hydrogen-bond donors (Lipinski definition) is 1. The first-order chi connectivity index (χ1) is 9.46. The Labute approximate surface area is 124 Å². The van der Waals surface area contributed by atoms with Gasteiger partial charge in [-0.25, -0.2) is 13.1 Å². The number of nitrogens with one attached hydrogen (secondary N) is 1. The average molecular weight is 316 g/mol. The molecule has 0 aliphatic carbocycles. The highest BCUT2D eigenvalue weighted by molar-refractivity contribution is 7.88. The predicted octanol–water partition coefficient (Wildman–Crippen LogP) is 1.22. The summed E-state index contributed by atoms with van der Waals surface area (Å²) in [7, 11) is -3.21. The monoisotopic (exact) mass is 316 g/mol. The van der Waals surface area contributed by atoms with Gasteiger partial charge >= 0.3 is 0 Å². The van der Waals surface area contributed by atoms with E-state index in [4.69, 9.17) is 0 Å². The number of thiophene rings is 1. The van der Waals surface area contributed by atoms with E-state index in [1.165, 1.54) is 0 Å². The second-order valence-electron chi connectivity index (χ2n) is 5.11. The number of amides is 1. The van der Waals surface area contributed by atoms with Crippen molar-refractivity contribution in [2.45, 2.75) is 31.7 Å². The highest BCUT2D eigenvalue weighted by atomic mass is 32.2. The van der Waals surface area contributed by atoms with Crippen LogP contribution in [0.15, 0.2) is 17.5 Å². The molecule has 2 heterocycles. The zero-order chi connectivity index (χ0) is 14.6. The molecule has 1 aromatic heterocycles. The molecule has 0 radical (unpaired) electrons. The van der Waals surface area contributed by atoms with Crippen LogP contribution in [0.25, 0.3) is 0 Å². The molecule has 1 N–H and O–H groups in total. The van der Waals surface area contributed by atoms with Crippen LogP contribution >= 0.6 is 11.3 Å². The van der Waals surface area contributed by atoms with Crippen molar-refractivity contribution in [2.75, 3.05) is 19.3 Å². The van der Waals surface area contributed by atoms with Crippen LogP contribution in [0.1, 0.15) is 24.1 Å². The molecule has 1 aliphatic heterocycles. The van der Waals surface area contributed by atoms with E-state index < -0.39 is 10.0 Å². The molecule has 0 spiro atoms. The summed E-state index contributed by atoms with van der Waals surface area (Å²) in [5.74, 6) is 0.0902. The van der Waals surface area contributed by atoms with E-state index in [1.54, 1.807) is 11.3 Å². The van der Waals surface area contributed by atoms with Crippen LogP contribution in [-0.4, -0.2) is 44.6 Å². The van der Waals surface area contributed by atoms with Crippen LogP contribution in [0.3, 0.4) is 0 Å². The number of rotatable bonds is 5. The van der Waals surface area contributed by atoms with Crippen LogP contribution in [0.5, 0.6) is 0 Å². The van der Waals surface area contributed by atoms with Crippen molar-refractivity contribution in [3.8, 4) is 0 Å². The van der Waals surface area contributed by atoms with Gasteiger partial charge in [0, 0.05) is 24.0 Å². The Morgan fingerprint density at radius 3 is 2.95 bits per heavy atom. The van der Waals surface area contributed by atoms with E-state index in [0.29, 0.717) is 13.0 Å². The second-order valence-corrected chi connectivity index (χ2v) is 7.98. The van der Waals surface area contributed by atoms with E-state index in [1.807, 2.05) is 22.4 Å². The predicted molar refractivity (Wildman–Crippen MR) is 80.2 cm³/mol. The number of sulfonamides is 1. The molecule has 7 heteroatoms.